The molecule has 0 atom stereocenters. The fourth-order valence-corrected chi connectivity index (χ4v) is 3.78. The number of carboxylic acid groups (broad SMARTS) is 1. The van der Waals surface area contributed by atoms with E-state index in [1.165, 1.54) is 11.3 Å². The minimum atomic E-state index is -0.921. The van der Waals surface area contributed by atoms with E-state index in [1.807, 2.05) is 42.5 Å². The predicted octanol–water partition coefficient (Wildman–Crippen LogP) is 3.90. The quantitative estimate of drug-likeness (QED) is 0.469. The third kappa shape index (κ3) is 3.34. The number of amidine groups is 1. The monoisotopic (exact) mass is 371 g/mol. The molecule has 0 fully saturated rings. The van der Waals surface area contributed by atoms with Gasteiger partial charge in [0.15, 0.2) is 0 Å². The Labute approximate surface area is 163 Å². The molecule has 0 spiro atoms. The van der Waals surface area contributed by atoms with Gasteiger partial charge in [-0.15, -0.1) is 0 Å². The van der Waals surface area contributed by atoms with E-state index < -0.39 is 5.97 Å². The number of benzene rings is 3. The first kappa shape index (κ1) is 17.8. The Hall–Kier alpha value is -3.60. The van der Waals surface area contributed by atoms with Crippen molar-refractivity contribution in [2.45, 2.75) is 13.0 Å². The van der Waals surface area contributed by atoms with Crippen molar-refractivity contribution in [3.05, 3.63) is 89.0 Å². The summed E-state index contributed by atoms with van der Waals surface area (Å²) in [6.45, 7) is 1.65. The third-order valence-electron chi connectivity index (χ3n) is 5.15. The second-order valence-electron chi connectivity index (χ2n) is 6.98. The lowest BCUT2D eigenvalue weighted by Crippen LogP contribution is -2.19. The maximum Gasteiger partial charge on any atom is 0.336 e. The number of nitrogen functional groups attached to an aromatic ring is 1. The van der Waals surface area contributed by atoms with Gasteiger partial charge in [0.2, 0.25) is 0 Å². The highest BCUT2D eigenvalue weighted by Crippen LogP contribution is 2.31. The average Bonchev–Trinajstić information content (AvgIpc) is 3.10. The smallest absolute Gasteiger partial charge is 0.336 e. The van der Waals surface area contributed by atoms with Crippen LogP contribution in [0.3, 0.4) is 0 Å². The van der Waals surface area contributed by atoms with E-state index in [0.29, 0.717) is 5.56 Å². The molecule has 3 aromatic rings. The molecule has 4 N–H and O–H groups in total. The van der Waals surface area contributed by atoms with Crippen molar-refractivity contribution in [2.75, 3.05) is 11.4 Å². The lowest BCUT2D eigenvalue weighted by molar-refractivity contribution is 0.0697. The molecule has 4 rings (SSSR count). The summed E-state index contributed by atoms with van der Waals surface area (Å²) in [6.07, 6.45) is 0.929. The SMILES string of the molecule is N=C(N)c1ccc2c(c1)CCN2Cc1cccc(-c2ccccc2C(=O)O)c1. The second kappa shape index (κ2) is 7.19. The van der Waals surface area contributed by atoms with Crippen LogP contribution in [0, 0.1) is 5.41 Å². The van der Waals surface area contributed by atoms with Gasteiger partial charge < -0.3 is 15.7 Å². The maximum absolute atomic E-state index is 11.5. The molecule has 140 valence electrons. The molecule has 3 aromatic carbocycles. The molecule has 0 unspecified atom stereocenters. The lowest BCUT2D eigenvalue weighted by atomic mass is 9.98. The van der Waals surface area contributed by atoms with Crippen molar-refractivity contribution >= 4 is 17.5 Å². The van der Waals surface area contributed by atoms with Crippen LogP contribution in [0.4, 0.5) is 5.69 Å². The highest BCUT2D eigenvalue weighted by atomic mass is 16.4. The number of hydrogen-bond donors (Lipinski definition) is 3. The standard InChI is InChI=1S/C23H21N3O2/c24-22(25)18-8-9-21-17(13-18)10-11-26(21)14-15-4-3-5-16(12-15)19-6-1-2-7-20(19)23(27)28/h1-9,12-13H,10-11,14H2,(H3,24,25)(H,27,28). The predicted molar refractivity (Wildman–Crippen MR) is 111 cm³/mol. The largest absolute Gasteiger partial charge is 0.478 e. The molecule has 0 aliphatic carbocycles. The van der Waals surface area contributed by atoms with Gasteiger partial charge in [-0.25, -0.2) is 4.79 Å². The van der Waals surface area contributed by atoms with E-state index in [9.17, 15) is 9.90 Å². The molecule has 1 heterocycles. The van der Waals surface area contributed by atoms with Crippen LogP contribution in [-0.2, 0) is 13.0 Å². The number of aromatic carboxylic acids is 1. The molecule has 5 heteroatoms. The molecule has 1 aliphatic rings. The maximum atomic E-state index is 11.5. The number of carbonyl (C=O) groups is 1. The summed E-state index contributed by atoms with van der Waals surface area (Å²) in [5.74, 6) is -0.832. The minimum absolute atomic E-state index is 0.0889. The van der Waals surface area contributed by atoms with Gasteiger partial charge in [0, 0.05) is 24.3 Å². The van der Waals surface area contributed by atoms with Crippen molar-refractivity contribution in [1.29, 1.82) is 5.41 Å². The van der Waals surface area contributed by atoms with Crippen LogP contribution < -0.4 is 10.6 Å². The summed E-state index contributed by atoms with van der Waals surface area (Å²) in [5, 5.41) is 17.1. The molecule has 1 aliphatic heterocycles. The number of nitrogens with two attached hydrogens (primary N) is 1. The summed E-state index contributed by atoms with van der Waals surface area (Å²) >= 11 is 0. The Balaban J connectivity index is 1.61. The van der Waals surface area contributed by atoms with Crippen LogP contribution in [0.2, 0.25) is 0 Å². The van der Waals surface area contributed by atoms with Crippen LogP contribution in [0.15, 0.2) is 66.7 Å². The Kier molecular flexibility index (Phi) is 4.57. The van der Waals surface area contributed by atoms with Crippen LogP contribution in [-0.4, -0.2) is 23.5 Å². The van der Waals surface area contributed by atoms with Crippen molar-refractivity contribution in [3.63, 3.8) is 0 Å². The van der Waals surface area contributed by atoms with Crippen molar-refractivity contribution in [1.82, 2.24) is 0 Å². The second-order valence-corrected chi connectivity index (χ2v) is 6.98. The normalized spacial score (nSPS) is 12.6. The number of rotatable bonds is 5. The van der Waals surface area contributed by atoms with Gasteiger partial charge in [-0.05, 0) is 59.0 Å². The Bertz CT molecular complexity index is 1070. The van der Waals surface area contributed by atoms with Gasteiger partial charge in [0.1, 0.15) is 5.84 Å². The van der Waals surface area contributed by atoms with E-state index in [1.54, 1.807) is 12.1 Å². The Morgan fingerprint density at radius 2 is 1.89 bits per heavy atom. The summed E-state index contributed by atoms with van der Waals surface area (Å²) in [5.41, 5.74) is 11.8. The molecule has 5 nitrogen and oxygen atoms in total. The fourth-order valence-electron chi connectivity index (χ4n) is 3.78. The first-order chi connectivity index (χ1) is 13.5. The minimum Gasteiger partial charge on any atom is -0.478 e. The summed E-state index contributed by atoms with van der Waals surface area (Å²) in [4.78, 5) is 13.8. The van der Waals surface area contributed by atoms with E-state index in [2.05, 4.69) is 17.0 Å². The molecule has 0 saturated heterocycles. The zero-order chi connectivity index (χ0) is 19.7. The van der Waals surface area contributed by atoms with Crippen LogP contribution in [0.25, 0.3) is 11.1 Å². The van der Waals surface area contributed by atoms with Gasteiger partial charge in [-0.3, -0.25) is 5.41 Å². The molecule has 0 bridgehead atoms. The zero-order valence-electron chi connectivity index (χ0n) is 15.4. The lowest BCUT2D eigenvalue weighted by Gasteiger charge is -2.20. The molecule has 0 aromatic heterocycles. The third-order valence-corrected chi connectivity index (χ3v) is 5.15. The molecule has 0 radical (unpaired) electrons. The van der Waals surface area contributed by atoms with Crippen molar-refractivity contribution in [2.24, 2.45) is 5.73 Å². The number of fused-ring (bicyclic) bond motifs is 1. The van der Waals surface area contributed by atoms with E-state index >= 15 is 0 Å². The van der Waals surface area contributed by atoms with Gasteiger partial charge >= 0.3 is 5.97 Å². The van der Waals surface area contributed by atoms with Crippen LogP contribution in [0.5, 0.6) is 0 Å². The van der Waals surface area contributed by atoms with Crippen LogP contribution in [0.1, 0.15) is 27.0 Å². The molecule has 0 amide bonds. The Morgan fingerprint density at radius 3 is 2.68 bits per heavy atom. The van der Waals surface area contributed by atoms with Crippen LogP contribution >= 0.6 is 0 Å². The van der Waals surface area contributed by atoms with E-state index in [0.717, 1.165) is 41.8 Å². The highest BCUT2D eigenvalue weighted by molar-refractivity contribution is 5.96. The number of carboxylic acids is 1. The Morgan fingerprint density at radius 1 is 1.07 bits per heavy atom. The first-order valence-corrected chi connectivity index (χ1v) is 9.17. The van der Waals surface area contributed by atoms with Gasteiger partial charge in [0.05, 0.1) is 5.56 Å². The molecule has 28 heavy (non-hydrogen) atoms. The zero-order valence-corrected chi connectivity index (χ0v) is 15.4. The summed E-state index contributed by atoms with van der Waals surface area (Å²) < 4.78 is 0. The highest BCUT2D eigenvalue weighted by Gasteiger charge is 2.20. The summed E-state index contributed by atoms with van der Waals surface area (Å²) in [7, 11) is 0. The molecular weight excluding hydrogens is 350 g/mol. The fraction of sp³-hybridized carbons (Fsp3) is 0.130. The first-order valence-electron chi connectivity index (χ1n) is 9.17. The van der Waals surface area contributed by atoms with Crippen molar-refractivity contribution in [3.8, 4) is 11.1 Å². The van der Waals surface area contributed by atoms with Crippen molar-refractivity contribution < 1.29 is 9.90 Å². The van der Waals surface area contributed by atoms with Gasteiger partial charge in [-0.2, -0.15) is 0 Å². The van der Waals surface area contributed by atoms with E-state index in [-0.39, 0.29) is 5.84 Å². The van der Waals surface area contributed by atoms with Gasteiger partial charge in [-0.1, -0.05) is 36.4 Å². The number of anilines is 1. The van der Waals surface area contributed by atoms with E-state index in [4.69, 9.17) is 11.1 Å². The number of hydrogen-bond acceptors (Lipinski definition) is 3. The molecule has 0 saturated carbocycles. The summed E-state index contributed by atoms with van der Waals surface area (Å²) in [6, 6.07) is 21.0. The number of nitrogens with zero attached hydrogens (tertiary/aromatic N) is 1. The molecular formula is C23H21N3O2. The average molecular weight is 371 g/mol. The number of nitrogens with one attached hydrogen (secondary N) is 1. The van der Waals surface area contributed by atoms with Gasteiger partial charge in [0.25, 0.3) is 0 Å². The topological polar surface area (TPSA) is 90.4 Å².